The minimum Gasteiger partial charge on any atom is -0.372 e. The number of rotatable bonds is 3. The molecule has 6 heteroatoms. The first-order valence-corrected chi connectivity index (χ1v) is 6.97. The van der Waals surface area contributed by atoms with E-state index in [1.165, 1.54) is 0 Å². The third-order valence-corrected chi connectivity index (χ3v) is 3.81. The second-order valence-electron chi connectivity index (χ2n) is 3.62. The Kier molecular flexibility index (Phi) is 4.34. The fraction of sp³-hybridized carbons (Fsp3) is 0.250. The summed E-state index contributed by atoms with van der Waals surface area (Å²) >= 11 is 8.08. The van der Waals surface area contributed by atoms with Crippen LogP contribution in [0, 0.1) is 3.57 Å². The molecule has 2 aromatic rings. The van der Waals surface area contributed by atoms with Crippen molar-refractivity contribution < 1.29 is 0 Å². The molecule has 2 aromatic heterocycles. The molecule has 0 aliphatic carbocycles. The van der Waals surface area contributed by atoms with Gasteiger partial charge in [-0.2, -0.15) is 0 Å². The lowest BCUT2D eigenvalue weighted by Gasteiger charge is -2.09. The fourth-order valence-corrected chi connectivity index (χ4v) is 2.52. The standard InChI is InChI=1S/C12H12ClIN4/c1-3-8-10(14)12(15-2)18-11(17-8)9-5-4-7(13)6-16-9/h4-6H,3H2,1-2H3,(H,15,17,18). The molecule has 94 valence electrons. The van der Waals surface area contributed by atoms with Gasteiger partial charge >= 0.3 is 0 Å². The van der Waals surface area contributed by atoms with E-state index in [-0.39, 0.29) is 0 Å². The van der Waals surface area contributed by atoms with Gasteiger partial charge in [0.05, 0.1) is 14.3 Å². The highest BCUT2D eigenvalue weighted by Gasteiger charge is 2.12. The quantitative estimate of drug-likeness (QED) is 0.837. The summed E-state index contributed by atoms with van der Waals surface area (Å²) in [6.07, 6.45) is 2.46. The lowest BCUT2D eigenvalue weighted by Crippen LogP contribution is -2.05. The lowest BCUT2D eigenvalue weighted by molar-refractivity contribution is 0.983. The van der Waals surface area contributed by atoms with Crippen LogP contribution in [0.4, 0.5) is 5.82 Å². The van der Waals surface area contributed by atoms with E-state index in [0.717, 1.165) is 27.2 Å². The number of anilines is 1. The third kappa shape index (κ3) is 2.72. The Morgan fingerprint density at radius 1 is 1.33 bits per heavy atom. The Morgan fingerprint density at radius 3 is 2.67 bits per heavy atom. The maximum atomic E-state index is 5.82. The number of halogens is 2. The van der Waals surface area contributed by atoms with Crippen molar-refractivity contribution in [2.45, 2.75) is 13.3 Å². The van der Waals surface area contributed by atoms with Gasteiger partial charge in [0.1, 0.15) is 11.5 Å². The Hall–Kier alpha value is -0.950. The molecule has 2 rings (SSSR count). The Bertz CT molecular complexity index is 531. The van der Waals surface area contributed by atoms with Crippen LogP contribution in [0.5, 0.6) is 0 Å². The number of nitrogens with zero attached hydrogens (tertiary/aromatic N) is 3. The van der Waals surface area contributed by atoms with E-state index in [1.807, 2.05) is 13.1 Å². The first-order valence-electron chi connectivity index (χ1n) is 5.51. The summed E-state index contributed by atoms with van der Waals surface area (Å²) in [4.78, 5) is 13.2. The molecule has 4 nitrogen and oxygen atoms in total. The van der Waals surface area contributed by atoms with Crippen LogP contribution < -0.4 is 5.32 Å². The van der Waals surface area contributed by atoms with E-state index in [4.69, 9.17) is 11.6 Å². The van der Waals surface area contributed by atoms with Gasteiger partial charge in [0.2, 0.25) is 0 Å². The van der Waals surface area contributed by atoms with Crippen molar-refractivity contribution in [3.05, 3.63) is 32.6 Å². The van der Waals surface area contributed by atoms with Crippen LogP contribution in [-0.2, 0) is 6.42 Å². The van der Waals surface area contributed by atoms with Crippen LogP contribution in [-0.4, -0.2) is 22.0 Å². The Morgan fingerprint density at radius 2 is 2.11 bits per heavy atom. The number of hydrogen-bond acceptors (Lipinski definition) is 4. The van der Waals surface area contributed by atoms with Gasteiger partial charge in [-0.3, -0.25) is 4.98 Å². The molecule has 2 heterocycles. The molecule has 0 fully saturated rings. The molecule has 0 bridgehead atoms. The summed E-state index contributed by atoms with van der Waals surface area (Å²) in [6.45, 7) is 2.07. The van der Waals surface area contributed by atoms with Crippen molar-refractivity contribution in [3.8, 4) is 11.5 Å². The zero-order valence-corrected chi connectivity index (χ0v) is 13.0. The highest BCUT2D eigenvalue weighted by atomic mass is 127. The summed E-state index contributed by atoms with van der Waals surface area (Å²) in [5, 5.41) is 3.68. The van der Waals surface area contributed by atoms with Crippen molar-refractivity contribution in [1.82, 2.24) is 15.0 Å². The number of hydrogen-bond donors (Lipinski definition) is 1. The molecule has 0 amide bonds. The van der Waals surface area contributed by atoms with Crippen molar-refractivity contribution in [1.29, 1.82) is 0 Å². The van der Waals surface area contributed by atoms with Crippen molar-refractivity contribution in [3.63, 3.8) is 0 Å². The first kappa shape index (κ1) is 13.5. The van der Waals surface area contributed by atoms with E-state index in [1.54, 1.807) is 12.3 Å². The minimum absolute atomic E-state index is 0.605. The van der Waals surface area contributed by atoms with Gasteiger partial charge in [-0.1, -0.05) is 18.5 Å². The van der Waals surface area contributed by atoms with Crippen LogP contribution in [0.25, 0.3) is 11.5 Å². The van der Waals surface area contributed by atoms with Gasteiger partial charge in [-0.15, -0.1) is 0 Å². The largest absolute Gasteiger partial charge is 0.372 e. The molecule has 0 saturated heterocycles. The lowest BCUT2D eigenvalue weighted by atomic mass is 10.3. The summed E-state index contributed by atoms with van der Waals surface area (Å²) < 4.78 is 1.05. The zero-order valence-electron chi connectivity index (χ0n) is 10.0. The van der Waals surface area contributed by atoms with E-state index in [9.17, 15) is 0 Å². The van der Waals surface area contributed by atoms with Crippen LogP contribution in [0.2, 0.25) is 5.02 Å². The number of pyridine rings is 1. The second-order valence-corrected chi connectivity index (χ2v) is 5.14. The van der Waals surface area contributed by atoms with E-state index in [2.05, 4.69) is 49.8 Å². The molecular weight excluding hydrogens is 363 g/mol. The third-order valence-electron chi connectivity index (χ3n) is 2.45. The molecule has 18 heavy (non-hydrogen) atoms. The summed E-state index contributed by atoms with van der Waals surface area (Å²) in [7, 11) is 1.85. The molecule has 1 N–H and O–H groups in total. The predicted octanol–water partition coefficient (Wildman–Crippen LogP) is 3.40. The Balaban J connectivity index is 2.54. The van der Waals surface area contributed by atoms with Crippen LogP contribution in [0.15, 0.2) is 18.3 Å². The molecule has 0 spiro atoms. The minimum atomic E-state index is 0.605. The van der Waals surface area contributed by atoms with Crippen molar-refractivity contribution >= 4 is 40.0 Å². The molecule has 0 aliphatic rings. The van der Waals surface area contributed by atoms with Gasteiger partial charge in [-0.05, 0) is 41.1 Å². The number of aromatic nitrogens is 3. The maximum absolute atomic E-state index is 5.82. The predicted molar refractivity (Wildman–Crippen MR) is 81.9 cm³/mol. The van der Waals surface area contributed by atoms with Crippen LogP contribution in [0.3, 0.4) is 0 Å². The smallest absolute Gasteiger partial charge is 0.180 e. The van der Waals surface area contributed by atoms with Gasteiger partial charge in [-0.25, -0.2) is 9.97 Å². The normalized spacial score (nSPS) is 10.4. The van der Waals surface area contributed by atoms with Crippen LogP contribution >= 0.6 is 34.2 Å². The number of aryl methyl sites for hydroxylation is 1. The molecule has 0 unspecified atom stereocenters. The highest BCUT2D eigenvalue weighted by Crippen LogP contribution is 2.23. The molecule has 0 radical (unpaired) electrons. The van der Waals surface area contributed by atoms with Crippen molar-refractivity contribution in [2.24, 2.45) is 0 Å². The highest BCUT2D eigenvalue weighted by molar-refractivity contribution is 14.1. The van der Waals surface area contributed by atoms with E-state index >= 15 is 0 Å². The topological polar surface area (TPSA) is 50.7 Å². The van der Waals surface area contributed by atoms with E-state index < -0.39 is 0 Å². The molecule has 0 aliphatic heterocycles. The zero-order chi connectivity index (χ0) is 13.1. The average Bonchev–Trinajstić information content (AvgIpc) is 2.40. The van der Waals surface area contributed by atoms with Gasteiger partial charge < -0.3 is 5.32 Å². The van der Waals surface area contributed by atoms with Gasteiger partial charge in [0.25, 0.3) is 0 Å². The second kappa shape index (κ2) is 5.79. The molecule has 0 atom stereocenters. The molecule has 0 aromatic carbocycles. The molecular formula is C12H12ClIN4. The van der Waals surface area contributed by atoms with Gasteiger partial charge in [0, 0.05) is 13.2 Å². The summed E-state index contributed by atoms with van der Waals surface area (Å²) in [5.74, 6) is 1.45. The summed E-state index contributed by atoms with van der Waals surface area (Å²) in [5.41, 5.74) is 1.74. The molecule has 0 saturated carbocycles. The maximum Gasteiger partial charge on any atom is 0.180 e. The number of nitrogens with one attached hydrogen (secondary N) is 1. The van der Waals surface area contributed by atoms with Gasteiger partial charge in [0.15, 0.2) is 5.82 Å². The fourth-order valence-electron chi connectivity index (χ4n) is 1.52. The summed E-state index contributed by atoms with van der Waals surface area (Å²) in [6, 6.07) is 3.61. The SMILES string of the molecule is CCc1nc(-c2ccc(Cl)cn2)nc(NC)c1I. The van der Waals surface area contributed by atoms with Crippen LogP contribution in [0.1, 0.15) is 12.6 Å². The Labute approximate surface area is 124 Å². The van der Waals surface area contributed by atoms with E-state index in [0.29, 0.717) is 10.8 Å². The first-order chi connectivity index (χ1) is 8.65. The van der Waals surface area contributed by atoms with Crippen molar-refractivity contribution in [2.75, 3.05) is 12.4 Å². The monoisotopic (exact) mass is 374 g/mol. The average molecular weight is 375 g/mol.